The Morgan fingerprint density at radius 3 is 2.50 bits per heavy atom. The third kappa shape index (κ3) is 3.73. The summed E-state index contributed by atoms with van der Waals surface area (Å²) >= 11 is 2.16. The maximum atomic E-state index is 12.0. The lowest BCUT2D eigenvalue weighted by atomic mass is 10.1. The predicted molar refractivity (Wildman–Crippen MR) is 80.8 cm³/mol. The van der Waals surface area contributed by atoms with E-state index in [4.69, 9.17) is 4.74 Å². The fourth-order valence-corrected chi connectivity index (χ4v) is 2.46. The summed E-state index contributed by atoms with van der Waals surface area (Å²) in [6, 6.07) is 5.71. The number of benzene rings is 1. The van der Waals surface area contributed by atoms with E-state index in [1.165, 1.54) is 0 Å². The number of hydrogen-bond acceptors (Lipinski definition) is 3. The number of ether oxygens (including phenoxy) is 1. The fraction of sp³-hybridized carbons (Fsp3) is 0.462. The first-order valence-electron chi connectivity index (χ1n) is 5.57. The van der Waals surface area contributed by atoms with Crippen molar-refractivity contribution in [2.45, 2.75) is 32.4 Å². The van der Waals surface area contributed by atoms with Crippen LogP contribution in [0.2, 0.25) is 0 Å². The summed E-state index contributed by atoms with van der Waals surface area (Å²) < 4.78 is 22.1. The van der Waals surface area contributed by atoms with Gasteiger partial charge in [-0.05, 0) is 55.8 Å². The summed E-state index contributed by atoms with van der Waals surface area (Å²) in [4.78, 5) is 0. The van der Waals surface area contributed by atoms with E-state index in [1.54, 1.807) is 7.11 Å². The molecule has 0 aliphatic carbocycles. The summed E-state index contributed by atoms with van der Waals surface area (Å²) in [5, 5.41) is 0. The smallest absolute Gasteiger partial charge is 0.144 e. The van der Waals surface area contributed by atoms with Crippen molar-refractivity contribution < 1.29 is 9.29 Å². The first kappa shape index (κ1) is 15.5. The van der Waals surface area contributed by atoms with Gasteiger partial charge in [-0.15, -0.1) is 0 Å². The van der Waals surface area contributed by atoms with Gasteiger partial charge in [-0.25, -0.2) is 0 Å². The van der Waals surface area contributed by atoms with Crippen molar-refractivity contribution in [2.75, 3.05) is 7.11 Å². The molecule has 0 N–H and O–H groups in total. The summed E-state index contributed by atoms with van der Waals surface area (Å²) in [6.07, 6.45) is 0. The molecule has 3 nitrogen and oxygen atoms in total. The van der Waals surface area contributed by atoms with Gasteiger partial charge in [-0.3, -0.25) is 0 Å². The van der Waals surface area contributed by atoms with Gasteiger partial charge in [0.2, 0.25) is 0 Å². The molecule has 0 saturated heterocycles. The topological polar surface area (TPSA) is 44.6 Å². The summed E-state index contributed by atoms with van der Waals surface area (Å²) in [6.45, 7) is 7.54. The number of halogens is 1. The second-order valence-electron chi connectivity index (χ2n) is 4.86. The predicted octanol–water partition coefficient (Wildman–Crippen LogP) is 3.73. The van der Waals surface area contributed by atoms with E-state index in [0.29, 0.717) is 11.5 Å². The van der Waals surface area contributed by atoms with Gasteiger partial charge in [0, 0.05) is 5.56 Å². The molecule has 1 aromatic carbocycles. The van der Waals surface area contributed by atoms with Crippen molar-refractivity contribution >= 4 is 33.0 Å². The third-order valence-corrected chi connectivity index (χ3v) is 4.42. The van der Waals surface area contributed by atoms with E-state index in [9.17, 15) is 4.55 Å². The van der Waals surface area contributed by atoms with Gasteiger partial charge in [0.05, 0.1) is 17.3 Å². The Labute approximate surface area is 120 Å². The standard InChI is InChI=1S/C13H18BrNO2S/c1-9(15-18(16)13(2,3)4)10-7-6-8-11(14)12(10)17-5/h6-8H,1-5H3/b15-9+/t18-/m0/s1. The molecule has 100 valence electrons. The van der Waals surface area contributed by atoms with Crippen LogP contribution in [0.5, 0.6) is 5.75 Å². The van der Waals surface area contributed by atoms with Crippen LogP contribution in [0.25, 0.3) is 0 Å². The molecule has 0 aromatic heterocycles. The lowest BCUT2D eigenvalue weighted by Crippen LogP contribution is -2.26. The molecule has 0 spiro atoms. The fourth-order valence-electron chi connectivity index (χ4n) is 1.31. The number of rotatable bonds is 3. The highest BCUT2D eigenvalue weighted by atomic mass is 79.9. The van der Waals surface area contributed by atoms with Crippen molar-refractivity contribution in [3.8, 4) is 5.75 Å². The van der Waals surface area contributed by atoms with Gasteiger partial charge in [-0.1, -0.05) is 10.5 Å². The van der Waals surface area contributed by atoms with Crippen LogP contribution in [0.3, 0.4) is 0 Å². The Kier molecular flexibility index (Phi) is 5.25. The van der Waals surface area contributed by atoms with Gasteiger partial charge in [0.1, 0.15) is 21.9 Å². The number of nitrogens with zero attached hydrogens (tertiary/aromatic N) is 1. The van der Waals surface area contributed by atoms with Crippen LogP contribution in [0.4, 0.5) is 0 Å². The molecule has 0 heterocycles. The van der Waals surface area contributed by atoms with Gasteiger partial charge in [0.25, 0.3) is 0 Å². The summed E-state index contributed by atoms with van der Waals surface area (Å²) in [5.74, 6) is 0.713. The minimum Gasteiger partial charge on any atom is -0.591 e. The molecule has 18 heavy (non-hydrogen) atoms. The minimum absolute atomic E-state index is 0.361. The zero-order valence-electron chi connectivity index (χ0n) is 11.3. The molecular weight excluding hydrogens is 314 g/mol. The minimum atomic E-state index is -1.27. The monoisotopic (exact) mass is 331 g/mol. The highest BCUT2D eigenvalue weighted by Crippen LogP contribution is 2.30. The number of para-hydroxylation sites is 1. The molecule has 0 aliphatic heterocycles. The SMILES string of the molecule is COc1c(Br)cccc1/C(C)=N/[S@@+]([O-])C(C)(C)C. The largest absolute Gasteiger partial charge is 0.591 e. The van der Waals surface area contributed by atoms with Crippen LogP contribution < -0.4 is 4.74 Å². The van der Waals surface area contributed by atoms with Crippen LogP contribution in [0, 0.1) is 0 Å². The molecule has 0 saturated carbocycles. The number of hydrogen-bond donors (Lipinski definition) is 0. The third-order valence-electron chi connectivity index (χ3n) is 2.30. The average molecular weight is 332 g/mol. The number of methoxy groups -OCH3 is 1. The van der Waals surface area contributed by atoms with E-state index in [0.717, 1.165) is 10.0 Å². The molecule has 0 radical (unpaired) electrons. The maximum Gasteiger partial charge on any atom is 0.144 e. The summed E-state index contributed by atoms with van der Waals surface area (Å²) in [7, 11) is 1.61. The molecule has 0 amide bonds. The Morgan fingerprint density at radius 2 is 2.00 bits per heavy atom. The van der Waals surface area contributed by atoms with E-state index >= 15 is 0 Å². The average Bonchev–Trinajstić information content (AvgIpc) is 2.27. The molecule has 0 aliphatic rings. The van der Waals surface area contributed by atoms with Crippen molar-refractivity contribution in [3.05, 3.63) is 28.2 Å². The second-order valence-corrected chi connectivity index (χ2v) is 7.62. The van der Waals surface area contributed by atoms with E-state index in [2.05, 4.69) is 20.3 Å². The van der Waals surface area contributed by atoms with Crippen LogP contribution in [0.1, 0.15) is 33.3 Å². The van der Waals surface area contributed by atoms with E-state index in [-0.39, 0.29) is 4.75 Å². The maximum absolute atomic E-state index is 12.0. The van der Waals surface area contributed by atoms with Crippen molar-refractivity contribution in [1.29, 1.82) is 0 Å². The van der Waals surface area contributed by atoms with Crippen molar-refractivity contribution in [2.24, 2.45) is 4.40 Å². The Balaban J connectivity index is 3.15. The lowest BCUT2D eigenvalue weighted by molar-refractivity contribution is 0.411. The van der Waals surface area contributed by atoms with Crippen LogP contribution in [-0.4, -0.2) is 22.1 Å². The van der Waals surface area contributed by atoms with Gasteiger partial charge < -0.3 is 9.29 Å². The molecule has 0 unspecified atom stereocenters. The molecule has 0 fully saturated rings. The molecular formula is C13H18BrNO2S. The molecule has 1 aromatic rings. The second kappa shape index (κ2) is 6.08. The van der Waals surface area contributed by atoms with Crippen molar-refractivity contribution in [1.82, 2.24) is 0 Å². The quantitative estimate of drug-likeness (QED) is 0.625. The zero-order valence-corrected chi connectivity index (χ0v) is 13.7. The van der Waals surface area contributed by atoms with Crippen LogP contribution in [-0.2, 0) is 11.4 Å². The van der Waals surface area contributed by atoms with Gasteiger partial charge in [0.15, 0.2) is 0 Å². The molecule has 1 rings (SSSR count). The van der Waals surface area contributed by atoms with Crippen molar-refractivity contribution in [3.63, 3.8) is 0 Å². The highest BCUT2D eigenvalue weighted by molar-refractivity contribution is 9.10. The Bertz CT molecular complexity index is 455. The van der Waals surface area contributed by atoms with E-state index in [1.807, 2.05) is 45.9 Å². The highest BCUT2D eigenvalue weighted by Gasteiger charge is 2.27. The Morgan fingerprint density at radius 1 is 1.39 bits per heavy atom. The van der Waals surface area contributed by atoms with Gasteiger partial charge in [-0.2, -0.15) is 0 Å². The Hall–Kier alpha value is -0.520. The first-order valence-corrected chi connectivity index (χ1v) is 7.47. The van der Waals surface area contributed by atoms with E-state index < -0.39 is 11.4 Å². The normalized spacial score (nSPS) is 14.5. The first-order chi connectivity index (χ1) is 8.27. The molecule has 0 bridgehead atoms. The van der Waals surface area contributed by atoms with Crippen LogP contribution in [0.15, 0.2) is 27.1 Å². The summed E-state index contributed by atoms with van der Waals surface area (Å²) in [5.41, 5.74) is 1.56. The zero-order chi connectivity index (χ0) is 13.9. The van der Waals surface area contributed by atoms with Gasteiger partial charge >= 0.3 is 0 Å². The van der Waals surface area contributed by atoms with Crippen LogP contribution >= 0.6 is 15.9 Å². The lowest BCUT2D eigenvalue weighted by Gasteiger charge is -2.19. The molecule has 5 heteroatoms. The molecule has 1 atom stereocenters.